The van der Waals surface area contributed by atoms with Gasteiger partial charge >= 0.3 is 5.97 Å². The van der Waals surface area contributed by atoms with Crippen molar-refractivity contribution in [1.82, 2.24) is 0 Å². The van der Waals surface area contributed by atoms with E-state index in [4.69, 9.17) is 0 Å². The topological polar surface area (TPSA) is 40.5 Å². The van der Waals surface area contributed by atoms with Crippen LogP contribution in [0.4, 0.5) is 5.69 Å². The van der Waals surface area contributed by atoms with Crippen LogP contribution in [0.2, 0.25) is 0 Å². The molecule has 1 spiro atoms. The Bertz CT molecular complexity index is 568. The fourth-order valence-corrected chi connectivity index (χ4v) is 4.39. The third-order valence-corrected chi connectivity index (χ3v) is 6.48. The summed E-state index contributed by atoms with van der Waals surface area (Å²) in [5, 5.41) is 10.2. The first-order valence-electron chi connectivity index (χ1n) is 7.94. The number of anilines is 1. The van der Waals surface area contributed by atoms with Crippen molar-refractivity contribution in [2.45, 2.75) is 48.7 Å². The van der Waals surface area contributed by atoms with E-state index in [1.165, 1.54) is 43.4 Å². The van der Waals surface area contributed by atoms with Crippen molar-refractivity contribution in [1.29, 1.82) is 0 Å². The molecule has 0 atom stereocenters. The van der Waals surface area contributed by atoms with E-state index in [-0.39, 0.29) is 0 Å². The molecule has 1 saturated heterocycles. The molecule has 0 amide bonds. The number of nitrogens with zero attached hydrogens (tertiary/aromatic N) is 1. The minimum absolute atomic E-state index is 0.460. The van der Waals surface area contributed by atoms with E-state index < -0.39 is 5.97 Å². The second-order valence-electron chi connectivity index (χ2n) is 6.79. The smallest absolute Gasteiger partial charge is 0.337 e. The Labute approximate surface area is 129 Å². The number of benzene rings is 1. The Balaban J connectivity index is 1.59. The maximum Gasteiger partial charge on any atom is 0.337 e. The summed E-state index contributed by atoms with van der Waals surface area (Å²) in [4.78, 5) is 15.0. The monoisotopic (exact) mass is 303 g/mol. The summed E-state index contributed by atoms with van der Waals surface area (Å²) in [7, 11) is 0. The van der Waals surface area contributed by atoms with E-state index in [1.54, 1.807) is 6.07 Å². The van der Waals surface area contributed by atoms with Crippen molar-refractivity contribution >= 4 is 23.4 Å². The van der Waals surface area contributed by atoms with Crippen molar-refractivity contribution < 1.29 is 9.90 Å². The first-order chi connectivity index (χ1) is 10.2. The standard InChI is InChI=1S/C17H21NO2S/c19-16(20)14-4-3-13(21-12-1-2-12)11-15(14)18-9-7-17(5-6-17)8-10-18/h3-4,11-12H,1-2,5-10H2,(H,19,20). The highest BCUT2D eigenvalue weighted by molar-refractivity contribution is 8.00. The normalized spacial score (nSPS) is 23.3. The van der Waals surface area contributed by atoms with E-state index in [0.717, 1.165) is 24.0 Å². The number of carboxylic acid groups (broad SMARTS) is 1. The quantitative estimate of drug-likeness (QED) is 0.912. The Kier molecular flexibility index (Phi) is 3.18. The van der Waals surface area contributed by atoms with Gasteiger partial charge in [0.25, 0.3) is 0 Å². The third kappa shape index (κ3) is 2.78. The molecule has 1 aromatic carbocycles. The maximum atomic E-state index is 11.5. The number of carbonyl (C=O) groups is 1. The lowest BCUT2D eigenvalue weighted by Gasteiger charge is -2.34. The maximum absolute atomic E-state index is 11.5. The minimum atomic E-state index is -0.806. The molecular weight excluding hydrogens is 282 g/mol. The lowest BCUT2D eigenvalue weighted by atomic mass is 9.93. The zero-order valence-corrected chi connectivity index (χ0v) is 13.0. The molecule has 0 bridgehead atoms. The Morgan fingerprint density at radius 1 is 1.19 bits per heavy atom. The van der Waals surface area contributed by atoms with Gasteiger partial charge in [0.05, 0.1) is 11.3 Å². The summed E-state index contributed by atoms with van der Waals surface area (Å²) < 4.78 is 0. The molecule has 0 aromatic heterocycles. The molecule has 21 heavy (non-hydrogen) atoms. The largest absolute Gasteiger partial charge is 0.478 e. The number of hydrogen-bond acceptors (Lipinski definition) is 3. The fraction of sp³-hybridized carbons (Fsp3) is 0.588. The van der Waals surface area contributed by atoms with Gasteiger partial charge < -0.3 is 10.0 Å². The summed E-state index contributed by atoms with van der Waals surface area (Å²) in [5.74, 6) is -0.806. The number of hydrogen-bond donors (Lipinski definition) is 1. The highest BCUT2D eigenvalue weighted by Crippen LogP contribution is 2.54. The van der Waals surface area contributed by atoms with E-state index in [2.05, 4.69) is 11.0 Å². The van der Waals surface area contributed by atoms with Crippen LogP contribution in [0.5, 0.6) is 0 Å². The van der Waals surface area contributed by atoms with Crippen molar-refractivity contribution in [3.8, 4) is 0 Å². The average Bonchev–Trinajstić information content (AvgIpc) is 3.39. The summed E-state index contributed by atoms with van der Waals surface area (Å²) in [6.07, 6.45) is 7.81. The molecule has 1 heterocycles. The predicted molar refractivity (Wildman–Crippen MR) is 85.4 cm³/mol. The lowest BCUT2D eigenvalue weighted by Crippen LogP contribution is -2.35. The summed E-state index contributed by atoms with van der Waals surface area (Å²) in [5.41, 5.74) is 2.02. The third-order valence-electron chi connectivity index (χ3n) is 5.15. The molecule has 0 unspecified atom stereocenters. The van der Waals surface area contributed by atoms with Crippen LogP contribution < -0.4 is 4.90 Å². The van der Waals surface area contributed by atoms with Crippen LogP contribution in [-0.2, 0) is 0 Å². The molecule has 1 aromatic rings. The fourth-order valence-electron chi connectivity index (χ4n) is 3.30. The number of aromatic carboxylic acids is 1. The first kappa shape index (κ1) is 13.5. The van der Waals surface area contributed by atoms with Crippen molar-refractivity contribution in [2.24, 2.45) is 5.41 Å². The summed E-state index contributed by atoms with van der Waals surface area (Å²) in [6.45, 7) is 2.02. The Morgan fingerprint density at radius 2 is 1.90 bits per heavy atom. The van der Waals surface area contributed by atoms with Crippen LogP contribution in [0, 0.1) is 5.41 Å². The van der Waals surface area contributed by atoms with Crippen molar-refractivity contribution in [3.05, 3.63) is 23.8 Å². The molecule has 1 aliphatic heterocycles. The van der Waals surface area contributed by atoms with E-state index >= 15 is 0 Å². The zero-order chi connectivity index (χ0) is 14.4. The van der Waals surface area contributed by atoms with Crippen LogP contribution in [0.25, 0.3) is 0 Å². The molecule has 0 radical (unpaired) electrons. The molecule has 3 nitrogen and oxygen atoms in total. The van der Waals surface area contributed by atoms with Crippen molar-refractivity contribution in [3.63, 3.8) is 0 Å². The molecule has 3 aliphatic rings. The van der Waals surface area contributed by atoms with Crippen LogP contribution >= 0.6 is 11.8 Å². The second kappa shape index (κ2) is 4.94. The van der Waals surface area contributed by atoms with Crippen LogP contribution in [0.15, 0.2) is 23.1 Å². The molecule has 112 valence electrons. The molecule has 1 N–H and O–H groups in total. The average molecular weight is 303 g/mol. The van der Waals surface area contributed by atoms with Gasteiger partial charge in [0, 0.05) is 23.2 Å². The van der Waals surface area contributed by atoms with Crippen LogP contribution in [0.3, 0.4) is 0 Å². The SMILES string of the molecule is O=C(O)c1ccc(SC2CC2)cc1N1CCC2(CC1)CC2. The van der Waals surface area contributed by atoms with Gasteiger partial charge in [-0.3, -0.25) is 0 Å². The molecule has 2 aliphatic carbocycles. The second-order valence-corrected chi connectivity index (χ2v) is 8.16. The summed E-state index contributed by atoms with van der Waals surface area (Å²) >= 11 is 1.90. The van der Waals surface area contributed by atoms with E-state index in [1.807, 2.05) is 17.8 Å². The van der Waals surface area contributed by atoms with Gasteiger partial charge in [-0.25, -0.2) is 4.79 Å². The molecule has 4 rings (SSSR count). The van der Waals surface area contributed by atoms with Crippen molar-refractivity contribution in [2.75, 3.05) is 18.0 Å². The predicted octanol–water partition coefficient (Wildman–Crippen LogP) is 4.02. The Hall–Kier alpha value is -1.16. The molecule has 3 fully saturated rings. The van der Waals surface area contributed by atoms with Crippen LogP contribution in [0.1, 0.15) is 48.9 Å². The van der Waals surface area contributed by atoms with Gasteiger partial charge in [-0.05, 0) is 62.1 Å². The number of thioether (sulfide) groups is 1. The highest BCUT2D eigenvalue weighted by atomic mass is 32.2. The lowest BCUT2D eigenvalue weighted by molar-refractivity contribution is 0.0697. The minimum Gasteiger partial charge on any atom is -0.478 e. The highest BCUT2D eigenvalue weighted by Gasteiger charge is 2.44. The van der Waals surface area contributed by atoms with Gasteiger partial charge in [-0.2, -0.15) is 0 Å². The van der Waals surface area contributed by atoms with E-state index in [0.29, 0.717) is 11.0 Å². The first-order valence-corrected chi connectivity index (χ1v) is 8.82. The number of rotatable bonds is 4. The Morgan fingerprint density at radius 3 is 2.48 bits per heavy atom. The van der Waals surface area contributed by atoms with Gasteiger partial charge in [0.1, 0.15) is 0 Å². The van der Waals surface area contributed by atoms with Crippen LogP contribution in [-0.4, -0.2) is 29.4 Å². The number of carboxylic acids is 1. The van der Waals surface area contributed by atoms with Gasteiger partial charge in [-0.15, -0.1) is 11.8 Å². The number of piperidine rings is 1. The molecule has 2 saturated carbocycles. The summed E-state index contributed by atoms with van der Waals surface area (Å²) in [6, 6.07) is 5.88. The van der Waals surface area contributed by atoms with Gasteiger partial charge in [0.15, 0.2) is 0 Å². The van der Waals surface area contributed by atoms with Gasteiger partial charge in [0.2, 0.25) is 0 Å². The van der Waals surface area contributed by atoms with Gasteiger partial charge in [-0.1, -0.05) is 0 Å². The molecular formula is C17H21NO2S. The van der Waals surface area contributed by atoms with E-state index in [9.17, 15) is 9.90 Å². The molecule has 4 heteroatoms. The zero-order valence-electron chi connectivity index (χ0n) is 12.2.